The third-order valence-corrected chi connectivity index (χ3v) is 3.32. The number of rotatable bonds is 5. The lowest BCUT2D eigenvalue weighted by molar-refractivity contribution is 0.430. The zero-order valence-electron chi connectivity index (χ0n) is 11.4. The second kappa shape index (κ2) is 5.75. The van der Waals surface area contributed by atoms with Gasteiger partial charge in [-0.15, -0.1) is 0 Å². The van der Waals surface area contributed by atoms with Crippen molar-refractivity contribution in [2.75, 3.05) is 0 Å². The van der Waals surface area contributed by atoms with Crippen LogP contribution in [0.4, 0.5) is 0 Å². The Morgan fingerprint density at radius 2 is 2.10 bits per heavy atom. The van der Waals surface area contributed by atoms with E-state index in [-0.39, 0.29) is 6.04 Å². The molecule has 0 saturated heterocycles. The molecule has 0 bridgehead atoms. The Bertz CT molecular complexity index is 627. The van der Waals surface area contributed by atoms with Crippen molar-refractivity contribution < 1.29 is 4.42 Å². The second-order valence-corrected chi connectivity index (χ2v) is 4.75. The fourth-order valence-corrected chi connectivity index (χ4v) is 2.11. The van der Waals surface area contributed by atoms with E-state index in [1.807, 2.05) is 22.9 Å². The molecule has 1 unspecified atom stereocenters. The zero-order chi connectivity index (χ0) is 13.8. The maximum absolute atomic E-state index is 5.38. The summed E-state index contributed by atoms with van der Waals surface area (Å²) < 4.78 is 7.37. The molecule has 0 fully saturated rings. The number of nitrogens with zero attached hydrogens (tertiary/aromatic N) is 2. The Hall–Kier alpha value is -2.33. The highest BCUT2D eigenvalue weighted by atomic mass is 16.3. The minimum Gasteiger partial charge on any atom is -0.468 e. The van der Waals surface area contributed by atoms with Crippen LogP contribution in [0.2, 0.25) is 0 Å². The van der Waals surface area contributed by atoms with Gasteiger partial charge in [0.1, 0.15) is 5.76 Å². The first kappa shape index (κ1) is 12.7. The first-order valence-corrected chi connectivity index (χ1v) is 6.67. The summed E-state index contributed by atoms with van der Waals surface area (Å²) in [6, 6.07) is 12.5. The molecule has 1 atom stereocenters. The SMILES string of the molecule is CC(NCc1ccc(-n2ccnc2)cc1)c1ccco1. The minimum absolute atomic E-state index is 0.207. The molecule has 0 spiro atoms. The number of benzene rings is 1. The Labute approximate surface area is 118 Å². The normalized spacial score (nSPS) is 12.4. The summed E-state index contributed by atoms with van der Waals surface area (Å²) in [5, 5.41) is 3.44. The van der Waals surface area contributed by atoms with E-state index in [0.717, 1.165) is 18.0 Å². The van der Waals surface area contributed by atoms with E-state index in [4.69, 9.17) is 4.42 Å². The third kappa shape index (κ3) is 2.81. The summed E-state index contributed by atoms with van der Waals surface area (Å²) in [4.78, 5) is 4.05. The van der Waals surface area contributed by atoms with Gasteiger partial charge in [-0.25, -0.2) is 4.98 Å². The van der Waals surface area contributed by atoms with Gasteiger partial charge in [0, 0.05) is 24.6 Å². The van der Waals surface area contributed by atoms with E-state index in [1.165, 1.54) is 5.56 Å². The molecule has 3 aromatic rings. The maximum Gasteiger partial charge on any atom is 0.120 e. The van der Waals surface area contributed by atoms with Crippen LogP contribution in [0, 0.1) is 0 Å². The van der Waals surface area contributed by atoms with Crippen molar-refractivity contribution in [3.8, 4) is 5.69 Å². The first-order valence-electron chi connectivity index (χ1n) is 6.67. The Balaban J connectivity index is 1.61. The fraction of sp³-hybridized carbons (Fsp3) is 0.188. The number of hydrogen-bond acceptors (Lipinski definition) is 3. The standard InChI is InChI=1S/C16H17N3O/c1-13(16-3-2-10-20-16)18-11-14-4-6-15(7-5-14)19-9-8-17-12-19/h2-10,12-13,18H,11H2,1H3. The smallest absolute Gasteiger partial charge is 0.120 e. The van der Waals surface area contributed by atoms with Crippen LogP contribution in [0.15, 0.2) is 65.8 Å². The van der Waals surface area contributed by atoms with Crippen molar-refractivity contribution in [1.82, 2.24) is 14.9 Å². The average Bonchev–Trinajstić information content (AvgIpc) is 3.18. The molecule has 3 rings (SSSR count). The van der Waals surface area contributed by atoms with E-state index < -0.39 is 0 Å². The Morgan fingerprint density at radius 3 is 2.75 bits per heavy atom. The van der Waals surface area contributed by atoms with Gasteiger partial charge in [-0.2, -0.15) is 0 Å². The molecule has 2 aromatic heterocycles. The predicted octanol–water partition coefficient (Wildman–Crippen LogP) is 3.32. The average molecular weight is 267 g/mol. The van der Waals surface area contributed by atoms with Crippen LogP contribution in [0.25, 0.3) is 5.69 Å². The van der Waals surface area contributed by atoms with E-state index in [0.29, 0.717) is 0 Å². The lowest BCUT2D eigenvalue weighted by atomic mass is 10.2. The number of nitrogens with one attached hydrogen (secondary N) is 1. The monoisotopic (exact) mass is 267 g/mol. The number of furan rings is 1. The molecule has 0 saturated carbocycles. The van der Waals surface area contributed by atoms with Gasteiger partial charge in [0.05, 0.1) is 18.6 Å². The summed E-state index contributed by atoms with van der Waals surface area (Å²) >= 11 is 0. The molecular weight excluding hydrogens is 250 g/mol. The van der Waals surface area contributed by atoms with Crippen molar-refractivity contribution in [1.29, 1.82) is 0 Å². The minimum atomic E-state index is 0.207. The first-order chi connectivity index (χ1) is 9.83. The molecule has 0 radical (unpaired) electrons. The van der Waals surface area contributed by atoms with Crippen molar-refractivity contribution in [3.63, 3.8) is 0 Å². The molecule has 0 aliphatic heterocycles. The van der Waals surface area contributed by atoms with E-state index >= 15 is 0 Å². The van der Waals surface area contributed by atoms with E-state index in [2.05, 4.69) is 41.5 Å². The molecule has 2 heterocycles. The van der Waals surface area contributed by atoms with E-state index in [9.17, 15) is 0 Å². The number of imidazole rings is 1. The molecule has 4 nitrogen and oxygen atoms in total. The second-order valence-electron chi connectivity index (χ2n) is 4.75. The van der Waals surface area contributed by atoms with Crippen molar-refractivity contribution >= 4 is 0 Å². The van der Waals surface area contributed by atoms with E-state index in [1.54, 1.807) is 18.8 Å². The molecule has 0 amide bonds. The van der Waals surface area contributed by atoms with Crippen molar-refractivity contribution in [2.45, 2.75) is 19.5 Å². The zero-order valence-corrected chi connectivity index (χ0v) is 11.4. The fourth-order valence-electron chi connectivity index (χ4n) is 2.11. The number of hydrogen-bond donors (Lipinski definition) is 1. The quantitative estimate of drug-likeness (QED) is 0.771. The molecule has 1 N–H and O–H groups in total. The van der Waals surface area contributed by atoms with Crippen LogP contribution in [-0.4, -0.2) is 9.55 Å². The Kier molecular flexibility index (Phi) is 3.65. The highest BCUT2D eigenvalue weighted by Crippen LogP contribution is 2.14. The van der Waals surface area contributed by atoms with Gasteiger partial charge in [0.2, 0.25) is 0 Å². The summed E-state index contributed by atoms with van der Waals surface area (Å²) in [6.07, 6.45) is 7.21. The van der Waals surface area contributed by atoms with Crippen LogP contribution in [0.1, 0.15) is 24.3 Å². The topological polar surface area (TPSA) is 43.0 Å². The largest absolute Gasteiger partial charge is 0.468 e. The molecule has 20 heavy (non-hydrogen) atoms. The Morgan fingerprint density at radius 1 is 1.25 bits per heavy atom. The molecule has 4 heteroatoms. The summed E-state index contributed by atoms with van der Waals surface area (Å²) in [6.45, 7) is 2.91. The van der Waals surface area contributed by atoms with Crippen LogP contribution < -0.4 is 5.32 Å². The maximum atomic E-state index is 5.38. The van der Waals surface area contributed by atoms with Gasteiger partial charge < -0.3 is 14.3 Å². The number of aromatic nitrogens is 2. The van der Waals surface area contributed by atoms with Crippen LogP contribution in [-0.2, 0) is 6.54 Å². The van der Waals surface area contributed by atoms with Crippen molar-refractivity contribution in [2.24, 2.45) is 0 Å². The lowest BCUT2D eigenvalue weighted by Gasteiger charge is -2.11. The van der Waals surface area contributed by atoms with Crippen LogP contribution in [0.5, 0.6) is 0 Å². The molecule has 102 valence electrons. The molecule has 1 aromatic carbocycles. The highest BCUT2D eigenvalue weighted by Gasteiger charge is 2.07. The van der Waals surface area contributed by atoms with Crippen molar-refractivity contribution in [3.05, 3.63) is 72.7 Å². The van der Waals surface area contributed by atoms with Crippen LogP contribution >= 0.6 is 0 Å². The molecule has 0 aliphatic carbocycles. The highest BCUT2D eigenvalue weighted by molar-refractivity contribution is 5.34. The summed E-state index contributed by atoms with van der Waals surface area (Å²) in [5.41, 5.74) is 2.36. The third-order valence-electron chi connectivity index (χ3n) is 3.32. The van der Waals surface area contributed by atoms with Gasteiger partial charge in [0.25, 0.3) is 0 Å². The summed E-state index contributed by atoms with van der Waals surface area (Å²) in [7, 11) is 0. The lowest BCUT2D eigenvalue weighted by Crippen LogP contribution is -2.17. The van der Waals surface area contributed by atoms with Gasteiger partial charge in [0.15, 0.2) is 0 Å². The molecular formula is C16H17N3O. The van der Waals surface area contributed by atoms with Crippen LogP contribution in [0.3, 0.4) is 0 Å². The molecule has 0 aliphatic rings. The summed E-state index contributed by atoms with van der Waals surface area (Å²) in [5.74, 6) is 0.958. The van der Waals surface area contributed by atoms with Gasteiger partial charge in [-0.3, -0.25) is 0 Å². The van der Waals surface area contributed by atoms with Gasteiger partial charge in [-0.1, -0.05) is 12.1 Å². The van der Waals surface area contributed by atoms with Gasteiger partial charge >= 0.3 is 0 Å². The predicted molar refractivity (Wildman–Crippen MR) is 77.5 cm³/mol. The van der Waals surface area contributed by atoms with Gasteiger partial charge in [-0.05, 0) is 36.8 Å².